The van der Waals surface area contributed by atoms with Gasteiger partial charge in [-0.25, -0.2) is 0 Å². The molecule has 0 radical (unpaired) electrons. The van der Waals surface area contributed by atoms with E-state index in [0.29, 0.717) is 16.7 Å². The molecular weight excluding hydrogens is 560 g/mol. The largest absolute Gasteiger partial charge is 0.508 e. The number of phenolic OH excluding ortho intramolecular Hbond substituents is 7. The molecule has 11 heteroatoms. The van der Waals surface area contributed by atoms with Crippen LogP contribution < -0.4 is 9.47 Å². The number of fused-ring (bicyclic) bond motifs is 2. The first-order chi connectivity index (χ1) is 20.3. The summed E-state index contributed by atoms with van der Waals surface area (Å²) >= 11 is 0. The Kier molecular flexibility index (Phi) is 6.40. The molecule has 2 heterocycles. The molecule has 0 bridgehead atoms. The van der Waals surface area contributed by atoms with Crippen LogP contribution in [0.15, 0.2) is 54.6 Å². The smallest absolute Gasteiger partial charge is 0.157 e. The molecule has 5 atom stereocenters. The topological polar surface area (TPSA) is 201 Å². The summed E-state index contributed by atoms with van der Waals surface area (Å²) in [5.74, 6) is -3.79. The summed E-state index contributed by atoms with van der Waals surface area (Å²) in [5, 5.41) is 96.0. The maximum Gasteiger partial charge on any atom is 0.157 e. The van der Waals surface area contributed by atoms with E-state index in [9.17, 15) is 46.0 Å². The molecule has 11 nitrogen and oxygen atoms in total. The summed E-state index contributed by atoms with van der Waals surface area (Å²) in [6.45, 7) is 3.28. The Morgan fingerprint density at radius 2 is 1.30 bits per heavy atom. The fraction of sp³-hybridized carbons (Fsp3) is 0.250. The molecular formula is C32H30O11. The molecule has 0 saturated carbocycles. The molecule has 4 aromatic carbocycles. The second-order valence-electron chi connectivity index (χ2n) is 11.3. The van der Waals surface area contributed by atoms with E-state index in [2.05, 4.69) is 0 Å². The molecule has 2 aliphatic heterocycles. The van der Waals surface area contributed by atoms with Crippen LogP contribution in [0.25, 0.3) is 0 Å². The van der Waals surface area contributed by atoms with E-state index in [4.69, 9.17) is 9.47 Å². The normalized spacial score (nSPS) is 24.4. The van der Waals surface area contributed by atoms with E-state index in [-0.39, 0.29) is 51.9 Å². The first-order valence-electron chi connectivity index (χ1n) is 13.5. The number of benzene rings is 4. The van der Waals surface area contributed by atoms with E-state index in [1.807, 2.05) is 0 Å². The van der Waals surface area contributed by atoms with Crippen molar-refractivity contribution >= 4 is 0 Å². The first-order valence-corrected chi connectivity index (χ1v) is 13.5. The lowest BCUT2D eigenvalue weighted by molar-refractivity contribution is -0.0640. The van der Waals surface area contributed by atoms with Crippen molar-refractivity contribution < 1.29 is 55.4 Å². The number of aliphatic hydroxyl groups is 2. The lowest BCUT2D eigenvalue weighted by Gasteiger charge is -2.43. The number of phenols is 7. The molecule has 0 aliphatic carbocycles. The molecule has 0 amide bonds. The second-order valence-corrected chi connectivity index (χ2v) is 11.3. The van der Waals surface area contributed by atoms with Gasteiger partial charge >= 0.3 is 0 Å². The van der Waals surface area contributed by atoms with Crippen molar-refractivity contribution in [2.24, 2.45) is 0 Å². The molecule has 0 unspecified atom stereocenters. The van der Waals surface area contributed by atoms with Crippen LogP contribution in [0.5, 0.6) is 51.7 Å². The summed E-state index contributed by atoms with van der Waals surface area (Å²) < 4.78 is 12.4. The number of aryl methyl sites for hydroxylation is 1. The molecule has 0 fully saturated rings. The molecule has 0 spiro atoms. The zero-order valence-electron chi connectivity index (χ0n) is 23.1. The highest BCUT2D eigenvalue weighted by Gasteiger charge is 2.48. The van der Waals surface area contributed by atoms with Gasteiger partial charge in [0.25, 0.3) is 0 Å². The van der Waals surface area contributed by atoms with Gasteiger partial charge < -0.3 is 55.4 Å². The van der Waals surface area contributed by atoms with Crippen LogP contribution in [0.3, 0.4) is 0 Å². The number of ether oxygens (including phenoxy) is 2. The van der Waals surface area contributed by atoms with E-state index in [1.54, 1.807) is 13.8 Å². The lowest BCUT2D eigenvalue weighted by atomic mass is 9.75. The van der Waals surface area contributed by atoms with Crippen LogP contribution in [-0.4, -0.2) is 57.7 Å². The monoisotopic (exact) mass is 590 g/mol. The quantitative estimate of drug-likeness (QED) is 0.156. The number of rotatable bonds is 3. The average molecular weight is 591 g/mol. The minimum Gasteiger partial charge on any atom is -0.508 e. The standard InChI is InChI=1S/C32H30O11/c1-13-7-22(38)26(30-17(13)12-32(2,41)31(43-30)15-4-6-19(35)21(37)9-15)27-25-23(39)10-16(33)11-24(25)42-29(28(27)40)14-3-5-18(34)20(36)8-14/h3-11,27-29,31,33-41H,12H2,1-2H3/t27-,28+,29+,31+,32+/m0/s1. The van der Waals surface area contributed by atoms with Crippen LogP contribution >= 0.6 is 0 Å². The van der Waals surface area contributed by atoms with Crippen LogP contribution in [0, 0.1) is 6.92 Å². The third-order valence-corrected chi connectivity index (χ3v) is 8.22. The van der Waals surface area contributed by atoms with Crippen molar-refractivity contribution in [3.05, 3.63) is 88.0 Å². The first kappa shape index (κ1) is 28.1. The van der Waals surface area contributed by atoms with Crippen molar-refractivity contribution in [1.82, 2.24) is 0 Å². The Morgan fingerprint density at radius 3 is 1.95 bits per heavy atom. The Hall–Kier alpha value is -5.00. The van der Waals surface area contributed by atoms with Gasteiger partial charge in [-0.3, -0.25) is 0 Å². The van der Waals surface area contributed by atoms with E-state index in [1.165, 1.54) is 48.5 Å². The Morgan fingerprint density at radius 1 is 0.698 bits per heavy atom. The zero-order valence-corrected chi connectivity index (χ0v) is 23.1. The van der Waals surface area contributed by atoms with E-state index in [0.717, 1.165) is 6.07 Å². The van der Waals surface area contributed by atoms with Gasteiger partial charge in [0.15, 0.2) is 35.2 Å². The highest BCUT2D eigenvalue weighted by atomic mass is 16.5. The minimum atomic E-state index is -1.52. The van der Waals surface area contributed by atoms with Crippen molar-refractivity contribution in [1.29, 1.82) is 0 Å². The third-order valence-electron chi connectivity index (χ3n) is 8.22. The van der Waals surface area contributed by atoms with Crippen molar-refractivity contribution in [3.63, 3.8) is 0 Å². The van der Waals surface area contributed by atoms with Crippen LogP contribution in [-0.2, 0) is 6.42 Å². The molecule has 4 aromatic rings. The van der Waals surface area contributed by atoms with Gasteiger partial charge in [-0.15, -0.1) is 0 Å². The summed E-state index contributed by atoms with van der Waals surface area (Å²) in [6.07, 6.45) is -3.79. The second kappa shape index (κ2) is 9.79. The Labute approximate surface area is 245 Å². The summed E-state index contributed by atoms with van der Waals surface area (Å²) in [7, 11) is 0. The van der Waals surface area contributed by atoms with Gasteiger partial charge in [-0.05, 0) is 60.9 Å². The van der Waals surface area contributed by atoms with Gasteiger partial charge in [0, 0.05) is 35.2 Å². The minimum absolute atomic E-state index is 0.0121. The summed E-state index contributed by atoms with van der Waals surface area (Å²) in [5.41, 5.74) is 0.288. The fourth-order valence-electron chi connectivity index (χ4n) is 6.17. The Bertz CT molecular complexity index is 1760. The highest BCUT2D eigenvalue weighted by Crippen LogP contribution is 2.57. The predicted molar refractivity (Wildman–Crippen MR) is 151 cm³/mol. The van der Waals surface area contributed by atoms with Crippen molar-refractivity contribution in [3.8, 4) is 51.7 Å². The fourth-order valence-corrected chi connectivity index (χ4v) is 6.17. The number of aromatic hydroxyl groups is 7. The van der Waals surface area contributed by atoms with Crippen LogP contribution in [0.4, 0.5) is 0 Å². The summed E-state index contributed by atoms with van der Waals surface area (Å²) in [4.78, 5) is 0. The van der Waals surface area contributed by atoms with Crippen molar-refractivity contribution in [2.75, 3.05) is 0 Å². The van der Waals surface area contributed by atoms with E-state index < -0.39 is 52.8 Å². The average Bonchev–Trinajstić information content (AvgIpc) is 2.92. The molecule has 0 aromatic heterocycles. The maximum atomic E-state index is 11.9. The van der Waals surface area contributed by atoms with Crippen LogP contribution in [0.1, 0.15) is 58.4 Å². The molecule has 43 heavy (non-hydrogen) atoms. The maximum absolute atomic E-state index is 11.9. The SMILES string of the molecule is Cc1cc(O)c([C@@H]2c3c(O)cc(O)cc3O[C@H](c3ccc(O)c(O)c3)[C@@H]2O)c2c1C[C@@](C)(O)[C@@H](c1ccc(O)c(O)c1)O2. The molecule has 0 saturated heterocycles. The number of hydrogen-bond donors (Lipinski definition) is 9. The lowest BCUT2D eigenvalue weighted by Crippen LogP contribution is -2.43. The predicted octanol–water partition coefficient (Wildman–Crippen LogP) is 3.99. The molecule has 224 valence electrons. The zero-order chi connectivity index (χ0) is 31.0. The van der Waals surface area contributed by atoms with Gasteiger partial charge in [0.2, 0.25) is 0 Å². The highest BCUT2D eigenvalue weighted by molar-refractivity contribution is 5.65. The van der Waals surface area contributed by atoms with Gasteiger partial charge in [0.05, 0.1) is 5.92 Å². The molecule has 9 N–H and O–H groups in total. The molecule has 6 rings (SSSR count). The van der Waals surface area contributed by atoms with Gasteiger partial charge in [0.1, 0.15) is 40.5 Å². The van der Waals surface area contributed by atoms with Gasteiger partial charge in [-0.2, -0.15) is 0 Å². The number of hydrogen-bond acceptors (Lipinski definition) is 11. The van der Waals surface area contributed by atoms with E-state index >= 15 is 0 Å². The van der Waals surface area contributed by atoms with Crippen LogP contribution in [0.2, 0.25) is 0 Å². The number of aliphatic hydroxyl groups excluding tert-OH is 1. The third kappa shape index (κ3) is 4.53. The molecule has 2 aliphatic rings. The Balaban J connectivity index is 1.57. The van der Waals surface area contributed by atoms with Crippen molar-refractivity contribution in [2.45, 2.75) is 50.1 Å². The van der Waals surface area contributed by atoms with Gasteiger partial charge in [-0.1, -0.05) is 12.1 Å². The summed E-state index contributed by atoms with van der Waals surface area (Å²) in [6, 6.07) is 11.6.